The maximum absolute atomic E-state index is 12.1. The van der Waals surface area contributed by atoms with Crippen molar-refractivity contribution in [2.24, 2.45) is 11.8 Å². The molecule has 1 aromatic heterocycles. The van der Waals surface area contributed by atoms with Crippen LogP contribution in [0.25, 0.3) is 0 Å². The van der Waals surface area contributed by atoms with Crippen LogP contribution in [-0.2, 0) is 12.1 Å². The predicted octanol–water partition coefficient (Wildman–Crippen LogP) is 6.28. The Balaban J connectivity index is 1.32. The first-order valence-corrected chi connectivity index (χ1v) is 14.1. The van der Waals surface area contributed by atoms with Gasteiger partial charge in [-0.25, -0.2) is 0 Å². The standard InChI is InChI=1S/C29H37N3O2S/c1-2-22-18-19-32(20-26(22)35-25-16-10-5-11-17-25)21-27-30-28(31-34-27)29(33,23-12-6-3-7-13-23)24-14-8-4-9-15-24/h3,5-7,10-13,16-17,22,24,26,33H,2,4,8-9,14-15,18-21H2,1H3. The number of rotatable bonds is 8. The smallest absolute Gasteiger partial charge is 0.240 e. The van der Waals surface area contributed by atoms with Gasteiger partial charge >= 0.3 is 0 Å². The molecular weight excluding hydrogens is 454 g/mol. The maximum atomic E-state index is 12.1. The van der Waals surface area contributed by atoms with Crippen LogP contribution in [0.5, 0.6) is 0 Å². The third-order valence-electron chi connectivity index (χ3n) is 7.91. The normalized spacial score (nSPS) is 23.7. The lowest BCUT2D eigenvalue weighted by Gasteiger charge is -2.37. The summed E-state index contributed by atoms with van der Waals surface area (Å²) in [6.45, 7) is 4.97. The summed E-state index contributed by atoms with van der Waals surface area (Å²) in [6, 6.07) is 20.6. The lowest BCUT2D eigenvalue weighted by atomic mass is 9.73. The van der Waals surface area contributed by atoms with Crippen LogP contribution in [0.4, 0.5) is 0 Å². The zero-order chi connectivity index (χ0) is 24.1. The summed E-state index contributed by atoms with van der Waals surface area (Å²) >= 11 is 1.99. The van der Waals surface area contributed by atoms with Gasteiger partial charge in [0.1, 0.15) is 0 Å². The second-order valence-corrected chi connectivity index (χ2v) is 11.5. The number of hydrogen-bond donors (Lipinski definition) is 1. The number of aromatic nitrogens is 2. The van der Waals surface area contributed by atoms with Crippen molar-refractivity contribution < 1.29 is 9.63 Å². The zero-order valence-electron chi connectivity index (χ0n) is 20.7. The Labute approximate surface area is 213 Å². The number of piperidine rings is 1. The van der Waals surface area contributed by atoms with Gasteiger partial charge in [0.15, 0.2) is 5.60 Å². The third kappa shape index (κ3) is 5.50. The monoisotopic (exact) mass is 491 g/mol. The Morgan fingerprint density at radius 3 is 2.43 bits per heavy atom. The number of likely N-dealkylation sites (tertiary alicyclic amines) is 1. The van der Waals surface area contributed by atoms with E-state index in [2.05, 4.69) is 47.3 Å². The van der Waals surface area contributed by atoms with Crippen molar-refractivity contribution in [1.29, 1.82) is 0 Å². The van der Waals surface area contributed by atoms with E-state index in [1.165, 1.54) is 24.2 Å². The molecule has 2 aliphatic rings. The van der Waals surface area contributed by atoms with Gasteiger partial charge in [0.05, 0.1) is 6.54 Å². The summed E-state index contributed by atoms with van der Waals surface area (Å²) in [5, 5.41) is 17.0. The van der Waals surface area contributed by atoms with E-state index < -0.39 is 5.60 Å². The van der Waals surface area contributed by atoms with Crippen LogP contribution < -0.4 is 0 Å². The molecule has 6 heteroatoms. The summed E-state index contributed by atoms with van der Waals surface area (Å²) in [7, 11) is 0. The summed E-state index contributed by atoms with van der Waals surface area (Å²) in [4.78, 5) is 8.57. The van der Waals surface area contributed by atoms with Gasteiger partial charge in [0.25, 0.3) is 0 Å². The molecule has 0 bridgehead atoms. The average Bonchev–Trinajstić information content (AvgIpc) is 3.39. The summed E-state index contributed by atoms with van der Waals surface area (Å²) < 4.78 is 5.76. The van der Waals surface area contributed by atoms with Gasteiger partial charge in [-0.05, 0) is 55.3 Å². The molecule has 5 rings (SSSR count). The molecule has 186 valence electrons. The fourth-order valence-electron chi connectivity index (χ4n) is 5.87. The molecule has 0 amide bonds. The van der Waals surface area contributed by atoms with E-state index in [9.17, 15) is 5.11 Å². The van der Waals surface area contributed by atoms with Crippen LogP contribution in [0.2, 0.25) is 0 Å². The molecule has 35 heavy (non-hydrogen) atoms. The van der Waals surface area contributed by atoms with Gasteiger partial charge in [-0.1, -0.05) is 86.3 Å². The number of thioether (sulfide) groups is 1. The molecule has 2 aromatic carbocycles. The van der Waals surface area contributed by atoms with E-state index in [-0.39, 0.29) is 5.92 Å². The molecule has 1 saturated carbocycles. The number of aliphatic hydroxyl groups is 1. The first-order chi connectivity index (χ1) is 17.2. The first kappa shape index (κ1) is 24.5. The predicted molar refractivity (Wildman–Crippen MR) is 140 cm³/mol. The molecule has 1 saturated heterocycles. The second-order valence-electron chi connectivity index (χ2n) is 10.1. The minimum Gasteiger partial charge on any atom is -0.377 e. The molecule has 0 radical (unpaired) electrons. The fraction of sp³-hybridized carbons (Fsp3) is 0.517. The van der Waals surface area contributed by atoms with Crippen molar-refractivity contribution in [2.45, 2.75) is 74.2 Å². The first-order valence-electron chi connectivity index (χ1n) is 13.2. The average molecular weight is 492 g/mol. The molecule has 3 aromatic rings. The van der Waals surface area contributed by atoms with E-state index in [1.54, 1.807) is 0 Å². The zero-order valence-corrected chi connectivity index (χ0v) is 21.5. The Kier molecular flexibility index (Phi) is 7.91. The summed E-state index contributed by atoms with van der Waals surface area (Å²) in [5.74, 6) is 1.84. The molecule has 5 nitrogen and oxygen atoms in total. The van der Waals surface area contributed by atoms with E-state index in [0.29, 0.717) is 29.4 Å². The highest BCUT2D eigenvalue weighted by Crippen LogP contribution is 2.43. The molecule has 2 heterocycles. The van der Waals surface area contributed by atoms with Gasteiger partial charge in [-0.15, -0.1) is 11.8 Å². The topological polar surface area (TPSA) is 62.4 Å². The Bertz CT molecular complexity index is 1050. The van der Waals surface area contributed by atoms with Gasteiger partial charge in [0, 0.05) is 16.7 Å². The Morgan fingerprint density at radius 2 is 1.71 bits per heavy atom. The van der Waals surface area contributed by atoms with Gasteiger partial charge in [-0.3, -0.25) is 4.90 Å². The van der Waals surface area contributed by atoms with Crippen LogP contribution >= 0.6 is 11.8 Å². The van der Waals surface area contributed by atoms with Crippen molar-refractivity contribution in [3.05, 3.63) is 77.9 Å². The molecule has 1 aliphatic carbocycles. The number of nitrogens with zero attached hydrogens (tertiary/aromatic N) is 3. The third-order valence-corrected chi connectivity index (χ3v) is 9.29. The molecule has 1 N–H and O–H groups in total. The van der Waals surface area contributed by atoms with Crippen molar-refractivity contribution in [3.63, 3.8) is 0 Å². The van der Waals surface area contributed by atoms with E-state index in [4.69, 9.17) is 9.51 Å². The quantitative estimate of drug-likeness (QED) is 0.400. The van der Waals surface area contributed by atoms with Crippen molar-refractivity contribution in [1.82, 2.24) is 15.0 Å². The lowest BCUT2D eigenvalue weighted by Crippen LogP contribution is -2.41. The molecule has 3 unspecified atom stereocenters. The van der Waals surface area contributed by atoms with Crippen LogP contribution in [0, 0.1) is 11.8 Å². The van der Waals surface area contributed by atoms with Crippen molar-refractivity contribution >= 4 is 11.8 Å². The largest absolute Gasteiger partial charge is 0.377 e. The van der Waals surface area contributed by atoms with Crippen molar-refractivity contribution in [3.8, 4) is 0 Å². The SMILES string of the molecule is CCC1CCN(Cc2nc(C(O)(c3ccccc3)C3CCCCC3)no2)CC1Sc1ccccc1. The highest BCUT2D eigenvalue weighted by Gasteiger charge is 2.44. The molecular formula is C29H37N3O2S. The van der Waals surface area contributed by atoms with Gasteiger partial charge in [0.2, 0.25) is 11.7 Å². The highest BCUT2D eigenvalue weighted by molar-refractivity contribution is 8.00. The molecule has 3 atom stereocenters. The van der Waals surface area contributed by atoms with E-state index >= 15 is 0 Å². The van der Waals surface area contributed by atoms with Crippen LogP contribution in [0.3, 0.4) is 0 Å². The maximum Gasteiger partial charge on any atom is 0.240 e. The minimum absolute atomic E-state index is 0.107. The van der Waals surface area contributed by atoms with Gasteiger partial charge < -0.3 is 9.63 Å². The van der Waals surface area contributed by atoms with Crippen molar-refractivity contribution in [2.75, 3.05) is 13.1 Å². The van der Waals surface area contributed by atoms with Crippen LogP contribution in [0.1, 0.15) is 69.1 Å². The second kappa shape index (κ2) is 11.3. The van der Waals surface area contributed by atoms with E-state index in [0.717, 1.165) is 44.3 Å². The molecule has 2 fully saturated rings. The Hall–Kier alpha value is -2.15. The molecule has 0 spiro atoms. The van der Waals surface area contributed by atoms with E-state index in [1.807, 2.05) is 42.1 Å². The number of hydrogen-bond acceptors (Lipinski definition) is 6. The highest BCUT2D eigenvalue weighted by atomic mass is 32.2. The van der Waals surface area contributed by atoms with Gasteiger partial charge in [-0.2, -0.15) is 4.98 Å². The number of benzene rings is 2. The summed E-state index contributed by atoms with van der Waals surface area (Å²) in [6.07, 6.45) is 7.85. The minimum atomic E-state index is -1.20. The summed E-state index contributed by atoms with van der Waals surface area (Å²) in [5.41, 5.74) is -0.341. The Morgan fingerprint density at radius 1 is 1.00 bits per heavy atom. The lowest BCUT2D eigenvalue weighted by molar-refractivity contribution is -0.0101. The van der Waals surface area contributed by atoms with Crippen LogP contribution in [-0.4, -0.2) is 38.5 Å². The van der Waals surface area contributed by atoms with Crippen LogP contribution in [0.15, 0.2) is 70.1 Å². The molecule has 1 aliphatic heterocycles. The fourth-order valence-corrected chi connectivity index (χ4v) is 7.34.